The molecule has 0 spiro atoms. The summed E-state index contributed by atoms with van der Waals surface area (Å²) in [5.74, 6) is 0. The maximum Gasteiger partial charge on any atom is 0.0984 e. The van der Waals surface area contributed by atoms with Gasteiger partial charge in [-0.15, -0.1) is 0 Å². The highest BCUT2D eigenvalue weighted by Crippen LogP contribution is 2.15. The number of aliphatic hydroxyl groups is 1. The van der Waals surface area contributed by atoms with Gasteiger partial charge in [0.2, 0.25) is 0 Å². The van der Waals surface area contributed by atoms with Crippen molar-refractivity contribution in [2.45, 2.75) is 38.6 Å². The lowest BCUT2D eigenvalue weighted by Gasteiger charge is -2.36. The number of nitrogens with one attached hydrogen (secondary N) is 1. The van der Waals surface area contributed by atoms with E-state index < -0.39 is 5.60 Å². The third-order valence-electron chi connectivity index (χ3n) is 1.95. The summed E-state index contributed by atoms with van der Waals surface area (Å²) in [6, 6.07) is 0. The van der Waals surface area contributed by atoms with E-state index in [0.29, 0.717) is 0 Å². The zero-order chi connectivity index (χ0) is 8.48. The van der Waals surface area contributed by atoms with Crippen LogP contribution >= 0.6 is 0 Å². The van der Waals surface area contributed by atoms with E-state index in [1.165, 1.54) is 0 Å². The van der Waals surface area contributed by atoms with E-state index in [1.807, 2.05) is 6.92 Å². The van der Waals surface area contributed by atoms with Gasteiger partial charge in [0.25, 0.3) is 0 Å². The highest BCUT2D eigenvalue weighted by Gasteiger charge is 2.31. The van der Waals surface area contributed by atoms with E-state index in [2.05, 4.69) is 5.32 Å². The summed E-state index contributed by atoms with van der Waals surface area (Å²) in [5, 5.41) is 12.8. The zero-order valence-electron chi connectivity index (χ0n) is 7.42. The van der Waals surface area contributed by atoms with Gasteiger partial charge in [-0.3, -0.25) is 0 Å². The molecule has 0 aromatic rings. The van der Waals surface area contributed by atoms with Crippen LogP contribution in [0.2, 0.25) is 0 Å². The molecule has 0 bridgehead atoms. The second-order valence-electron chi connectivity index (χ2n) is 3.75. The van der Waals surface area contributed by atoms with Gasteiger partial charge < -0.3 is 15.2 Å². The first kappa shape index (κ1) is 8.97. The van der Waals surface area contributed by atoms with Crippen molar-refractivity contribution in [3.05, 3.63) is 0 Å². The molecule has 3 heteroatoms. The molecular weight excluding hydrogens is 142 g/mol. The molecule has 1 aliphatic rings. The highest BCUT2D eigenvalue weighted by atomic mass is 16.5. The largest absolute Gasteiger partial charge is 0.388 e. The van der Waals surface area contributed by atoms with Crippen LogP contribution in [0.1, 0.15) is 20.8 Å². The highest BCUT2D eigenvalue weighted by molar-refractivity contribution is 4.84. The Kier molecular flexibility index (Phi) is 2.52. The van der Waals surface area contributed by atoms with Gasteiger partial charge in [-0.2, -0.15) is 0 Å². The number of rotatable bonds is 1. The lowest BCUT2D eigenvalue weighted by atomic mass is 10.0. The minimum Gasteiger partial charge on any atom is -0.388 e. The van der Waals surface area contributed by atoms with Gasteiger partial charge >= 0.3 is 0 Å². The molecular formula is C8H17NO2. The molecule has 1 rings (SSSR count). The number of hydrogen-bond acceptors (Lipinski definition) is 3. The van der Waals surface area contributed by atoms with Crippen LogP contribution in [-0.2, 0) is 4.74 Å². The summed E-state index contributed by atoms with van der Waals surface area (Å²) >= 11 is 0. The van der Waals surface area contributed by atoms with E-state index in [1.54, 1.807) is 13.8 Å². The van der Waals surface area contributed by atoms with Gasteiger partial charge in [-0.05, 0) is 20.8 Å². The predicted molar refractivity (Wildman–Crippen MR) is 43.5 cm³/mol. The molecule has 3 nitrogen and oxygen atoms in total. The van der Waals surface area contributed by atoms with Crippen LogP contribution in [0.3, 0.4) is 0 Å². The number of morpholine rings is 1. The maximum atomic E-state index is 9.60. The molecule has 0 aliphatic carbocycles. The van der Waals surface area contributed by atoms with Crippen molar-refractivity contribution in [2.75, 3.05) is 13.1 Å². The second kappa shape index (κ2) is 3.09. The van der Waals surface area contributed by atoms with E-state index in [9.17, 15) is 5.11 Å². The lowest BCUT2D eigenvalue weighted by molar-refractivity contribution is -0.127. The number of hydrogen-bond donors (Lipinski definition) is 2. The third kappa shape index (κ3) is 2.43. The summed E-state index contributed by atoms with van der Waals surface area (Å²) in [5.41, 5.74) is -0.734. The van der Waals surface area contributed by atoms with Crippen molar-refractivity contribution >= 4 is 0 Å². The Hall–Kier alpha value is -0.120. The molecule has 0 aromatic heterocycles. The first-order valence-electron chi connectivity index (χ1n) is 4.08. The molecule has 1 aliphatic heterocycles. The van der Waals surface area contributed by atoms with E-state index in [4.69, 9.17) is 4.74 Å². The average molecular weight is 159 g/mol. The summed E-state index contributed by atoms with van der Waals surface area (Å²) < 4.78 is 5.54. The van der Waals surface area contributed by atoms with Gasteiger partial charge in [0.05, 0.1) is 17.8 Å². The lowest BCUT2D eigenvalue weighted by Crippen LogP contribution is -2.52. The fourth-order valence-corrected chi connectivity index (χ4v) is 1.21. The smallest absolute Gasteiger partial charge is 0.0984 e. The van der Waals surface area contributed by atoms with Crippen LogP contribution in [0, 0.1) is 0 Å². The van der Waals surface area contributed by atoms with Crippen LogP contribution in [0.25, 0.3) is 0 Å². The van der Waals surface area contributed by atoms with Crippen molar-refractivity contribution in [2.24, 2.45) is 0 Å². The Balaban J connectivity index is 2.46. The molecule has 0 radical (unpaired) electrons. The third-order valence-corrected chi connectivity index (χ3v) is 1.95. The normalized spacial score (nSPS) is 33.8. The Morgan fingerprint density at radius 3 is 2.45 bits per heavy atom. The minimum absolute atomic E-state index is 0.0775. The van der Waals surface area contributed by atoms with Crippen LogP contribution in [0.5, 0.6) is 0 Å². The van der Waals surface area contributed by atoms with Gasteiger partial charge in [0.1, 0.15) is 0 Å². The van der Waals surface area contributed by atoms with E-state index >= 15 is 0 Å². The SMILES string of the molecule is C[C@H]1CNC[C@@H](C(C)(C)O)O1. The minimum atomic E-state index is -0.734. The monoisotopic (exact) mass is 159 g/mol. The van der Waals surface area contributed by atoms with E-state index in [0.717, 1.165) is 13.1 Å². The molecule has 11 heavy (non-hydrogen) atoms. The van der Waals surface area contributed by atoms with Crippen molar-refractivity contribution in [1.29, 1.82) is 0 Å². The molecule has 2 N–H and O–H groups in total. The fourth-order valence-electron chi connectivity index (χ4n) is 1.21. The van der Waals surface area contributed by atoms with Crippen molar-refractivity contribution < 1.29 is 9.84 Å². The molecule has 1 heterocycles. The molecule has 0 aromatic carbocycles. The second-order valence-corrected chi connectivity index (χ2v) is 3.75. The summed E-state index contributed by atoms with van der Waals surface area (Å²) in [7, 11) is 0. The Bertz CT molecular complexity index is 131. The standard InChI is InChI=1S/C8H17NO2/c1-6-4-9-5-7(11-6)8(2,3)10/h6-7,9-10H,4-5H2,1-3H3/t6-,7-/m0/s1. The van der Waals surface area contributed by atoms with Crippen LogP contribution in [-0.4, -0.2) is 36.0 Å². The van der Waals surface area contributed by atoms with Crippen molar-refractivity contribution in [3.8, 4) is 0 Å². The van der Waals surface area contributed by atoms with Crippen LogP contribution in [0.4, 0.5) is 0 Å². The zero-order valence-corrected chi connectivity index (χ0v) is 7.42. The molecule has 0 unspecified atom stereocenters. The fraction of sp³-hybridized carbons (Fsp3) is 1.00. The van der Waals surface area contributed by atoms with Gasteiger partial charge in [0, 0.05) is 13.1 Å². The Morgan fingerprint density at radius 2 is 2.09 bits per heavy atom. The molecule has 66 valence electrons. The van der Waals surface area contributed by atoms with Crippen molar-refractivity contribution in [3.63, 3.8) is 0 Å². The van der Waals surface area contributed by atoms with Gasteiger partial charge in [-0.1, -0.05) is 0 Å². The molecule has 1 saturated heterocycles. The molecule has 0 saturated carbocycles. The van der Waals surface area contributed by atoms with Crippen LogP contribution in [0.15, 0.2) is 0 Å². The Labute approximate surface area is 67.7 Å². The molecule has 2 atom stereocenters. The average Bonchev–Trinajstić information content (AvgIpc) is 1.86. The first-order valence-corrected chi connectivity index (χ1v) is 4.08. The molecule has 0 amide bonds. The maximum absolute atomic E-state index is 9.60. The summed E-state index contributed by atoms with van der Waals surface area (Å²) in [4.78, 5) is 0. The van der Waals surface area contributed by atoms with E-state index in [-0.39, 0.29) is 12.2 Å². The first-order chi connectivity index (χ1) is 5.00. The predicted octanol–water partition coefficient (Wildman–Crippen LogP) is 0.134. The molecule has 1 fully saturated rings. The summed E-state index contributed by atoms with van der Waals surface area (Å²) in [6.45, 7) is 7.18. The van der Waals surface area contributed by atoms with Crippen LogP contribution < -0.4 is 5.32 Å². The number of ether oxygens (including phenoxy) is 1. The topological polar surface area (TPSA) is 41.5 Å². The summed E-state index contributed by atoms with van der Waals surface area (Å²) in [6.07, 6.45) is 0.131. The Morgan fingerprint density at radius 1 is 1.45 bits per heavy atom. The van der Waals surface area contributed by atoms with Gasteiger partial charge in [0.15, 0.2) is 0 Å². The van der Waals surface area contributed by atoms with Crippen molar-refractivity contribution in [1.82, 2.24) is 5.32 Å². The van der Waals surface area contributed by atoms with Gasteiger partial charge in [-0.25, -0.2) is 0 Å². The quantitative estimate of drug-likeness (QED) is 0.571.